The molecule has 3 aliphatic rings. The maximum absolute atomic E-state index is 2.68. The van der Waals surface area contributed by atoms with E-state index in [1.807, 2.05) is 0 Å². The van der Waals surface area contributed by atoms with Crippen LogP contribution in [0.25, 0.3) is 0 Å². The van der Waals surface area contributed by atoms with Crippen molar-refractivity contribution in [2.45, 2.75) is 92.4 Å². The van der Waals surface area contributed by atoms with Crippen molar-refractivity contribution in [3.8, 4) is 0 Å². The molecule has 7 unspecified atom stereocenters. The molecular formula is C21H38. The Morgan fingerprint density at radius 2 is 1.67 bits per heavy atom. The molecule has 122 valence electrons. The van der Waals surface area contributed by atoms with Gasteiger partial charge in [0.2, 0.25) is 0 Å². The van der Waals surface area contributed by atoms with Crippen LogP contribution in [0.1, 0.15) is 92.4 Å². The van der Waals surface area contributed by atoms with Crippen LogP contribution in [0, 0.1) is 40.4 Å². The van der Waals surface area contributed by atoms with Crippen LogP contribution >= 0.6 is 0 Å². The van der Waals surface area contributed by atoms with E-state index in [1.165, 1.54) is 51.4 Å². The Hall–Kier alpha value is 0. The zero-order valence-corrected chi connectivity index (χ0v) is 15.3. The monoisotopic (exact) mass is 290 g/mol. The third kappa shape index (κ3) is 2.22. The zero-order valence-electron chi connectivity index (χ0n) is 15.3. The molecular weight excluding hydrogens is 252 g/mol. The van der Waals surface area contributed by atoms with Crippen LogP contribution < -0.4 is 0 Å². The summed E-state index contributed by atoms with van der Waals surface area (Å²) < 4.78 is 0. The van der Waals surface area contributed by atoms with Gasteiger partial charge in [-0.25, -0.2) is 0 Å². The van der Waals surface area contributed by atoms with Crippen molar-refractivity contribution in [2.24, 2.45) is 40.4 Å². The van der Waals surface area contributed by atoms with E-state index in [-0.39, 0.29) is 0 Å². The Bertz CT molecular complexity index is 372. The topological polar surface area (TPSA) is 0 Å². The molecule has 7 atom stereocenters. The maximum atomic E-state index is 2.68. The highest BCUT2D eigenvalue weighted by Gasteiger charge is 2.57. The second kappa shape index (κ2) is 5.57. The van der Waals surface area contributed by atoms with Crippen molar-refractivity contribution in [3.63, 3.8) is 0 Å². The molecule has 3 rings (SSSR count). The molecule has 3 aliphatic carbocycles. The standard InChI is InChI=1S/C21H38/c1-6-13-21(5)16(7-2)9-10-17-18-11-8-15(3)20(18,4)14-12-19(17)21/h15-19H,6-14H2,1-5H3. The maximum Gasteiger partial charge on any atom is -0.0267 e. The predicted octanol–water partition coefficient (Wildman–Crippen LogP) is 6.69. The van der Waals surface area contributed by atoms with Gasteiger partial charge < -0.3 is 0 Å². The molecule has 0 saturated heterocycles. The molecule has 0 radical (unpaired) electrons. The molecule has 0 amide bonds. The molecule has 21 heavy (non-hydrogen) atoms. The lowest BCUT2D eigenvalue weighted by Crippen LogP contribution is -2.51. The molecule has 0 N–H and O–H groups in total. The summed E-state index contributed by atoms with van der Waals surface area (Å²) >= 11 is 0. The van der Waals surface area contributed by atoms with E-state index >= 15 is 0 Å². The first-order valence-electron chi connectivity index (χ1n) is 9.97. The van der Waals surface area contributed by atoms with E-state index in [1.54, 1.807) is 6.42 Å². The molecule has 0 aromatic rings. The van der Waals surface area contributed by atoms with Crippen LogP contribution in [0.2, 0.25) is 0 Å². The average Bonchev–Trinajstić information content (AvgIpc) is 2.76. The second-order valence-corrected chi connectivity index (χ2v) is 9.34. The fourth-order valence-corrected chi connectivity index (χ4v) is 7.40. The summed E-state index contributed by atoms with van der Waals surface area (Å²) in [6.07, 6.45) is 13.5. The third-order valence-electron chi connectivity index (χ3n) is 8.82. The summed E-state index contributed by atoms with van der Waals surface area (Å²) in [5.41, 5.74) is 1.34. The van der Waals surface area contributed by atoms with Gasteiger partial charge in [-0.05, 0) is 85.4 Å². The van der Waals surface area contributed by atoms with E-state index in [0.29, 0.717) is 10.8 Å². The molecule has 0 aromatic heterocycles. The minimum absolute atomic E-state index is 0.652. The van der Waals surface area contributed by atoms with E-state index < -0.39 is 0 Å². The molecule has 0 aromatic carbocycles. The minimum Gasteiger partial charge on any atom is -0.0654 e. The Morgan fingerprint density at radius 1 is 0.905 bits per heavy atom. The lowest BCUT2D eigenvalue weighted by atomic mass is 9.46. The number of hydrogen-bond acceptors (Lipinski definition) is 0. The van der Waals surface area contributed by atoms with E-state index in [0.717, 1.165) is 29.6 Å². The second-order valence-electron chi connectivity index (χ2n) is 9.34. The molecule has 0 nitrogen and oxygen atoms in total. The van der Waals surface area contributed by atoms with Gasteiger partial charge in [0.15, 0.2) is 0 Å². The molecule has 0 heteroatoms. The first-order chi connectivity index (χ1) is 9.97. The van der Waals surface area contributed by atoms with Gasteiger partial charge in [-0.15, -0.1) is 0 Å². The summed E-state index contributed by atoms with van der Waals surface area (Å²) in [6, 6.07) is 0. The smallest absolute Gasteiger partial charge is 0.0267 e. The largest absolute Gasteiger partial charge is 0.0654 e. The first kappa shape index (κ1) is 15.9. The fourth-order valence-electron chi connectivity index (χ4n) is 7.40. The summed E-state index contributed by atoms with van der Waals surface area (Å²) in [5.74, 6) is 5.14. The van der Waals surface area contributed by atoms with Crippen molar-refractivity contribution < 1.29 is 0 Å². The van der Waals surface area contributed by atoms with Crippen molar-refractivity contribution in [1.29, 1.82) is 0 Å². The lowest BCUT2D eigenvalue weighted by Gasteiger charge is -2.59. The van der Waals surface area contributed by atoms with Crippen LogP contribution in [-0.2, 0) is 0 Å². The highest BCUT2D eigenvalue weighted by molar-refractivity contribution is 5.07. The molecule has 0 heterocycles. The number of rotatable bonds is 3. The fraction of sp³-hybridized carbons (Fsp3) is 1.00. The molecule has 0 bridgehead atoms. The summed E-state index contributed by atoms with van der Waals surface area (Å²) in [4.78, 5) is 0. The number of fused-ring (bicyclic) bond motifs is 3. The van der Waals surface area contributed by atoms with E-state index in [4.69, 9.17) is 0 Å². The van der Waals surface area contributed by atoms with Crippen molar-refractivity contribution in [3.05, 3.63) is 0 Å². The zero-order chi connectivity index (χ0) is 15.3. The van der Waals surface area contributed by atoms with E-state index in [9.17, 15) is 0 Å². The van der Waals surface area contributed by atoms with Crippen LogP contribution in [0.15, 0.2) is 0 Å². The Kier molecular flexibility index (Phi) is 4.21. The van der Waals surface area contributed by atoms with Gasteiger partial charge in [-0.3, -0.25) is 0 Å². The third-order valence-corrected chi connectivity index (χ3v) is 8.82. The Labute approximate surface area is 133 Å². The first-order valence-corrected chi connectivity index (χ1v) is 9.97. The molecule has 0 aliphatic heterocycles. The minimum atomic E-state index is 0.652. The highest BCUT2D eigenvalue weighted by Crippen LogP contribution is 2.66. The Morgan fingerprint density at radius 3 is 2.33 bits per heavy atom. The Balaban J connectivity index is 1.89. The van der Waals surface area contributed by atoms with Crippen molar-refractivity contribution in [1.82, 2.24) is 0 Å². The predicted molar refractivity (Wildman–Crippen MR) is 92.2 cm³/mol. The normalized spacial score (nSPS) is 53.3. The molecule has 3 fully saturated rings. The van der Waals surface area contributed by atoms with Gasteiger partial charge >= 0.3 is 0 Å². The molecule has 3 saturated carbocycles. The quantitative estimate of drug-likeness (QED) is 0.543. The van der Waals surface area contributed by atoms with Crippen LogP contribution in [0.3, 0.4) is 0 Å². The van der Waals surface area contributed by atoms with Gasteiger partial charge in [0.25, 0.3) is 0 Å². The highest BCUT2D eigenvalue weighted by atomic mass is 14.6. The van der Waals surface area contributed by atoms with Gasteiger partial charge in [-0.2, -0.15) is 0 Å². The van der Waals surface area contributed by atoms with Gasteiger partial charge in [-0.1, -0.05) is 47.5 Å². The molecule has 0 spiro atoms. The van der Waals surface area contributed by atoms with Crippen LogP contribution in [-0.4, -0.2) is 0 Å². The number of hydrogen-bond donors (Lipinski definition) is 0. The van der Waals surface area contributed by atoms with Crippen LogP contribution in [0.5, 0.6) is 0 Å². The summed E-state index contributed by atoms with van der Waals surface area (Å²) in [7, 11) is 0. The van der Waals surface area contributed by atoms with Gasteiger partial charge in [0, 0.05) is 0 Å². The van der Waals surface area contributed by atoms with Gasteiger partial charge in [0.05, 0.1) is 0 Å². The van der Waals surface area contributed by atoms with Crippen molar-refractivity contribution >= 4 is 0 Å². The SMILES string of the molecule is CCCC1(C)C(CC)CCC2C3CCC(C)C3(C)CCC21. The summed E-state index contributed by atoms with van der Waals surface area (Å²) in [6.45, 7) is 12.7. The average molecular weight is 291 g/mol. The lowest BCUT2D eigenvalue weighted by molar-refractivity contribution is -0.0988. The van der Waals surface area contributed by atoms with Crippen LogP contribution in [0.4, 0.5) is 0 Å². The van der Waals surface area contributed by atoms with Crippen molar-refractivity contribution in [2.75, 3.05) is 0 Å². The van der Waals surface area contributed by atoms with E-state index in [2.05, 4.69) is 34.6 Å². The van der Waals surface area contributed by atoms with Gasteiger partial charge in [0.1, 0.15) is 0 Å². The summed E-state index contributed by atoms with van der Waals surface area (Å²) in [5, 5.41) is 0.